The van der Waals surface area contributed by atoms with Crippen molar-refractivity contribution in [3.8, 4) is 0 Å². The van der Waals surface area contributed by atoms with Crippen LogP contribution in [0.2, 0.25) is 0 Å². The average molecular weight is 358 g/mol. The molecule has 1 heterocycles. The van der Waals surface area contributed by atoms with Crippen LogP contribution < -0.4 is 4.72 Å². The average Bonchev–Trinajstić information content (AvgIpc) is 3.32. The van der Waals surface area contributed by atoms with Gasteiger partial charge in [0, 0.05) is 36.1 Å². The summed E-state index contributed by atoms with van der Waals surface area (Å²) in [6, 6.07) is 13.0. The van der Waals surface area contributed by atoms with Gasteiger partial charge in [-0.1, -0.05) is 18.2 Å². The molecule has 3 aromatic rings. The molecule has 0 aliphatic heterocycles. The van der Waals surface area contributed by atoms with Gasteiger partial charge in [-0.2, -0.15) is 0 Å². The van der Waals surface area contributed by atoms with Crippen molar-refractivity contribution in [1.29, 1.82) is 0 Å². The van der Waals surface area contributed by atoms with Crippen LogP contribution in [0.1, 0.15) is 18.4 Å². The number of nitrogens with zero attached hydrogens (tertiary/aromatic N) is 1. The van der Waals surface area contributed by atoms with Gasteiger partial charge in [0.1, 0.15) is 5.82 Å². The number of nitrogens with one attached hydrogen (secondary N) is 1. The maximum atomic E-state index is 13.0. The Hall–Kier alpha value is -2.18. The Bertz CT molecular complexity index is 1030. The smallest absolute Gasteiger partial charge is 0.240 e. The molecule has 4 rings (SSSR count). The predicted molar refractivity (Wildman–Crippen MR) is 95.4 cm³/mol. The van der Waals surface area contributed by atoms with Crippen molar-refractivity contribution < 1.29 is 12.8 Å². The molecule has 0 spiro atoms. The van der Waals surface area contributed by atoms with Gasteiger partial charge in [-0.25, -0.2) is 17.5 Å². The zero-order chi connectivity index (χ0) is 17.7. The molecule has 0 bridgehead atoms. The first kappa shape index (κ1) is 16.3. The molecule has 1 aliphatic rings. The maximum Gasteiger partial charge on any atom is 0.240 e. The molecule has 0 amide bonds. The molecule has 0 unspecified atom stereocenters. The van der Waals surface area contributed by atoms with Crippen LogP contribution in [0.5, 0.6) is 0 Å². The summed E-state index contributed by atoms with van der Waals surface area (Å²) in [4.78, 5) is 0.0858. The third kappa shape index (κ3) is 2.85. The first-order valence-electron chi connectivity index (χ1n) is 8.21. The summed E-state index contributed by atoms with van der Waals surface area (Å²) in [7, 11) is -1.64. The largest absolute Gasteiger partial charge is 0.350 e. The number of hydrogen-bond donors (Lipinski definition) is 1. The molecule has 130 valence electrons. The van der Waals surface area contributed by atoms with Crippen molar-refractivity contribution >= 4 is 20.9 Å². The SMILES string of the molecule is Cn1cc(C2(CNS(=O)(=O)c3ccc(F)cc3)CC2)c2ccccc21. The molecule has 1 N–H and O–H groups in total. The van der Waals surface area contributed by atoms with Crippen molar-refractivity contribution in [2.24, 2.45) is 7.05 Å². The highest BCUT2D eigenvalue weighted by atomic mass is 32.2. The number of aromatic nitrogens is 1. The summed E-state index contributed by atoms with van der Waals surface area (Å²) in [6.45, 7) is 0.348. The summed E-state index contributed by atoms with van der Waals surface area (Å²) in [6.07, 6.45) is 4.00. The van der Waals surface area contributed by atoms with Gasteiger partial charge >= 0.3 is 0 Å². The van der Waals surface area contributed by atoms with Gasteiger partial charge in [0.05, 0.1) is 4.90 Å². The van der Waals surface area contributed by atoms with Crippen LogP contribution in [-0.4, -0.2) is 19.5 Å². The number of fused-ring (bicyclic) bond motifs is 1. The van der Waals surface area contributed by atoms with E-state index in [0.29, 0.717) is 6.54 Å². The lowest BCUT2D eigenvalue weighted by Crippen LogP contribution is -2.32. The van der Waals surface area contributed by atoms with Crippen LogP contribution in [0, 0.1) is 5.82 Å². The Balaban J connectivity index is 1.61. The van der Waals surface area contributed by atoms with Crippen molar-refractivity contribution in [2.45, 2.75) is 23.2 Å². The van der Waals surface area contributed by atoms with Gasteiger partial charge in [0.15, 0.2) is 0 Å². The minimum Gasteiger partial charge on any atom is -0.350 e. The fraction of sp³-hybridized carbons (Fsp3) is 0.263. The summed E-state index contributed by atoms with van der Waals surface area (Å²) >= 11 is 0. The molecule has 1 aliphatic carbocycles. The van der Waals surface area contributed by atoms with Crippen molar-refractivity contribution in [1.82, 2.24) is 9.29 Å². The fourth-order valence-electron chi connectivity index (χ4n) is 3.39. The quantitative estimate of drug-likeness (QED) is 0.761. The molecule has 6 heteroatoms. The maximum absolute atomic E-state index is 13.0. The van der Waals surface area contributed by atoms with E-state index in [0.717, 1.165) is 30.5 Å². The van der Waals surface area contributed by atoms with Crippen molar-refractivity contribution in [2.75, 3.05) is 6.54 Å². The second-order valence-electron chi connectivity index (χ2n) is 6.73. The van der Waals surface area contributed by atoms with E-state index < -0.39 is 15.8 Å². The fourth-order valence-corrected chi connectivity index (χ4v) is 4.51. The predicted octanol–water partition coefficient (Wildman–Crippen LogP) is 3.33. The molecule has 1 fully saturated rings. The minimum atomic E-state index is -3.65. The third-order valence-electron chi connectivity index (χ3n) is 5.05. The zero-order valence-electron chi connectivity index (χ0n) is 13.9. The van der Waals surface area contributed by atoms with Crippen molar-refractivity contribution in [3.63, 3.8) is 0 Å². The number of sulfonamides is 1. The van der Waals surface area contributed by atoms with Crippen LogP contribution in [0.25, 0.3) is 10.9 Å². The van der Waals surface area contributed by atoms with E-state index in [1.54, 1.807) is 0 Å². The number of para-hydroxylation sites is 1. The lowest BCUT2D eigenvalue weighted by molar-refractivity contribution is 0.567. The van der Waals surface area contributed by atoms with Crippen LogP contribution in [0.4, 0.5) is 4.39 Å². The molecule has 0 saturated heterocycles. The summed E-state index contributed by atoms with van der Waals surface area (Å²) in [5.74, 6) is -0.451. The molecule has 4 nitrogen and oxygen atoms in total. The van der Waals surface area contributed by atoms with Gasteiger partial charge in [0.2, 0.25) is 10.0 Å². The Morgan fingerprint density at radius 3 is 2.48 bits per heavy atom. The van der Waals surface area contributed by atoms with Gasteiger partial charge in [0.25, 0.3) is 0 Å². The Morgan fingerprint density at radius 1 is 1.12 bits per heavy atom. The Kier molecular flexibility index (Phi) is 3.70. The molecular weight excluding hydrogens is 339 g/mol. The Morgan fingerprint density at radius 2 is 1.80 bits per heavy atom. The summed E-state index contributed by atoms with van der Waals surface area (Å²) < 4.78 is 42.8. The molecule has 25 heavy (non-hydrogen) atoms. The lowest BCUT2D eigenvalue weighted by atomic mass is 9.96. The zero-order valence-corrected chi connectivity index (χ0v) is 14.7. The minimum absolute atomic E-state index is 0.0858. The van der Waals surface area contributed by atoms with Crippen molar-refractivity contribution in [3.05, 3.63) is 66.1 Å². The van der Waals surface area contributed by atoms with E-state index in [4.69, 9.17) is 0 Å². The van der Waals surface area contributed by atoms with Crippen LogP contribution in [0.15, 0.2) is 59.6 Å². The second-order valence-corrected chi connectivity index (χ2v) is 8.50. The first-order valence-corrected chi connectivity index (χ1v) is 9.69. The highest BCUT2D eigenvalue weighted by Crippen LogP contribution is 2.50. The third-order valence-corrected chi connectivity index (χ3v) is 6.46. The van der Waals surface area contributed by atoms with Gasteiger partial charge < -0.3 is 4.57 Å². The van der Waals surface area contributed by atoms with Gasteiger partial charge in [-0.3, -0.25) is 0 Å². The molecule has 0 radical (unpaired) electrons. The van der Waals surface area contributed by atoms with E-state index in [9.17, 15) is 12.8 Å². The van der Waals surface area contributed by atoms with Gasteiger partial charge in [-0.15, -0.1) is 0 Å². The van der Waals surface area contributed by atoms with E-state index in [1.807, 2.05) is 19.2 Å². The van der Waals surface area contributed by atoms with Crippen LogP contribution in [-0.2, 0) is 22.5 Å². The lowest BCUT2D eigenvalue weighted by Gasteiger charge is -2.16. The topological polar surface area (TPSA) is 51.1 Å². The summed E-state index contributed by atoms with van der Waals surface area (Å²) in [5.41, 5.74) is 2.17. The molecule has 1 aromatic heterocycles. The summed E-state index contributed by atoms with van der Waals surface area (Å²) in [5, 5.41) is 1.17. The normalized spacial score (nSPS) is 16.2. The molecule has 1 saturated carbocycles. The number of aryl methyl sites for hydroxylation is 1. The Labute approximate surface area is 146 Å². The van der Waals surface area contributed by atoms with E-state index in [1.165, 1.54) is 23.1 Å². The standard InChI is InChI=1S/C19H19FN2O2S/c1-22-12-17(16-4-2-3-5-18(16)22)19(10-11-19)13-21-25(23,24)15-8-6-14(20)7-9-15/h2-9,12,21H,10-11,13H2,1H3. The molecule has 0 atom stereocenters. The van der Waals surface area contributed by atoms with E-state index in [2.05, 4.69) is 27.6 Å². The molecular formula is C19H19FN2O2S. The number of rotatable bonds is 5. The number of benzene rings is 2. The highest BCUT2D eigenvalue weighted by molar-refractivity contribution is 7.89. The van der Waals surface area contributed by atoms with Crippen LogP contribution in [0.3, 0.4) is 0 Å². The van der Waals surface area contributed by atoms with Gasteiger partial charge in [-0.05, 0) is 48.7 Å². The molecule has 2 aromatic carbocycles. The number of halogens is 1. The number of hydrogen-bond acceptors (Lipinski definition) is 2. The second kappa shape index (κ2) is 5.68. The van der Waals surface area contributed by atoms with E-state index in [-0.39, 0.29) is 10.3 Å². The highest BCUT2D eigenvalue weighted by Gasteiger charge is 2.46. The van der Waals surface area contributed by atoms with E-state index >= 15 is 0 Å². The monoisotopic (exact) mass is 358 g/mol. The first-order chi connectivity index (χ1) is 11.9. The van der Waals surface area contributed by atoms with Crippen LogP contribution >= 0.6 is 0 Å².